The fourth-order valence-corrected chi connectivity index (χ4v) is 3.16. The lowest BCUT2D eigenvalue weighted by molar-refractivity contribution is 0.475. The normalized spacial score (nSPS) is 11.0. The zero-order valence-corrected chi connectivity index (χ0v) is 18.5. The number of nitrogens with zero attached hydrogens (tertiary/aromatic N) is 5. The zero-order chi connectivity index (χ0) is 22.7. The van der Waals surface area contributed by atoms with Gasteiger partial charge in [0, 0.05) is 42.8 Å². The van der Waals surface area contributed by atoms with Crippen molar-refractivity contribution in [1.29, 1.82) is 0 Å². The highest BCUT2D eigenvalue weighted by molar-refractivity contribution is 5.60. The minimum absolute atomic E-state index is 0.164. The Labute approximate surface area is 185 Å². The fraction of sp³-hybridized carbons (Fsp3) is 0.261. The summed E-state index contributed by atoms with van der Waals surface area (Å²) in [4.78, 5) is 28.5. The Hall–Kier alpha value is -4.01. The molecule has 4 rings (SSSR count). The van der Waals surface area contributed by atoms with E-state index < -0.39 is 0 Å². The maximum Gasteiger partial charge on any atom is 0.261 e. The number of hydrogen-bond acceptors (Lipinski definition) is 7. The number of nitrogens with one attached hydrogen (secondary N) is 2. The predicted octanol–water partition coefficient (Wildman–Crippen LogP) is 4.03. The van der Waals surface area contributed by atoms with Crippen molar-refractivity contribution in [3.8, 4) is 34.0 Å². The number of ether oxygens (including phenoxy) is 1. The summed E-state index contributed by atoms with van der Waals surface area (Å²) in [5.41, 5.74) is 3.02. The molecule has 32 heavy (non-hydrogen) atoms. The maximum absolute atomic E-state index is 12.5. The van der Waals surface area contributed by atoms with E-state index >= 15 is 0 Å². The molecule has 0 spiro atoms. The van der Waals surface area contributed by atoms with Gasteiger partial charge in [0.15, 0.2) is 0 Å². The van der Waals surface area contributed by atoms with Gasteiger partial charge < -0.3 is 10.1 Å². The van der Waals surface area contributed by atoms with E-state index in [1.807, 2.05) is 44.6 Å². The summed E-state index contributed by atoms with van der Waals surface area (Å²) in [6.07, 6.45) is 6.95. The van der Waals surface area contributed by atoms with Gasteiger partial charge in [-0.05, 0) is 45.9 Å². The van der Waals surface area contributed by atoms with Crippen molar-refractivity contribution in [1.82, 2.24) is 29.7 Å². The van der Waals surface area contributed by atoms with E-state index in [1.165, 1.54) is 6.20 Å². The quantitative estimate of drug-likeness (QED) is 0.454. The highest BCUT2D eigenvalue weighted by atomic mass is 16.5. The molecule has 9 heteroatoms. The molecule has 0 saturated heterocycles. The molecule has 0 aliphatic heterocycles. The van der Waals surface area contributed by atoms with Gasteiger partial charge in [0.25, 0.3) is 5.56 Å². The third kappa shape index (κ3) is 4.66. The third-order valence-corrected chi connectivity index (χ3v) is 4.75. The molecule has 0 aromatic carbocycles. The van der Waals surface area contributed by atoms with E-state index in [4.69, 9.17) is 4.74 Å². The first kappa shape index (κ1) is 21.2. The maximum atomic E-state index is 12.5. The van der Waals surface area contributed by atoms with Gasteiger partial charge in [-0.25, -0.2) is 9.97 Å². The second-order valence-electron chi connectivity index (χ2n) is 7.62. The van der Waals surface area contributed by atoms with Gasteiger partial charge in [-0.3, -0.25) is 19.4 Å². The molecule has 0 fully saturated rings. The lowest BCUT2D eigenvalue weighted by Crippen LogP contribution is -2.18. The van der Waals surface area contributed by atoms with E-state index in [-0.39, 0.29) is 11.6 Å². The van der Waals surface area contributed by atoms with E-state index in [2.05, 4.69) is 30.4 Å². The van der Waals surface area contributed by atoms with Gasteiger partial charge >= 0.3 is 0 Å². The summed E-state index contributed by atoms with van der Waals surface area (Å²) < 4.78 is 7.89. The molecule has 9 nitrogen and oxygen atoms in total. The average Bonchev–Trinajstić information content (AvgIpc) is 3.25. The number of anilines is 1. The highest BCUT2D eigenvalue weighted by Crippen LogP contribution is 2.28. The van der Waals surface area contributed by atoms with Crippen LogP contribution in [0.1, 0.15) is 26.5 Å². The van der Waals surface area contributed by atoms with Crippen LogP contribution in [0.4, 0.5) is 5.95 Å². The molecule has 4 aromatic rings. The molecule has 0 amide bonds. The molecule has 0 saturated carbocycles. The summed E-state index contributed by atoms with van der Waals surface area (Å²) in [7, 11) is 0. The molecule has 0 bridgehead atoms. The van der Waals surface area contributed by atoms with Crippen LogP contribution in [0.2, 0.25) is 0 Å². The molecule has 0 unspecified atom stereocenters. The van der Waals surface area contributed by atoms with E-state index in [9.17, 15) is 4.79 Å². The second-order valence-corrected chi connectivity index (χ2v) is 7.62. The van der Waals surface area contributed by atoms with Gasteiger partial charge in [0.1, 0.15) is 11.5 Å². The number of aromatic nitrogens is 6. The SMILES string of the molecule is CCn1cc(-c2cc(Oc3ccc(-c4cnc(NC(C)C)[nH]c4=O)nc3C)ccn2)cn1. The molecule has 0 atom stereocenters. The Morgan fingerprint density at radius 1 is 1.16 bits per heavy atom. The summed E-state index contributed by atoms with van der Waals surface area (Å²) in [5.74, 6) is 1.67. The number of hydrogen-bond donors (Lipinski definition) is 2. The Balaban J connectivity index is 1.56. The second kappa shape index (κ2) is 9.01. The highest BCUT2D eigenvalue weighted by Gasteiger charge is 2.12. The standard InChI is InChI=1S/C23H25N7O2/c1-5-30-13-16(11-26-30)20-10-17(8-9-24-20)32-21-7-6-19(28-15(21)4)18-12-25-23(27-14(2)3)29-22(18)31/h6-14H,5H2,1-4H3,(H2,25,27,29,31). The van der Waals surface area contributed by atoms with Crippen LogP contribution in [0.15, 0.2) is 53.8 Å². The van der Waals surface area contributed by atoms with E-state index in [1.54, 1.807) is 30.6 Å². The van der Waals surface area contributed by atoms with Crippen LogP contribution in [0, 0.1) is 6.92 Å². The number of pyridine rings is 2. The van der Waals surface area contributed by atoms with Crippen molar-refractivity contribution in [2.75, 3.05) is 5.32 Å². The Morgan fingerprint density at radius 3 is 2.69 bits per heavy atom. The minimum Gasteiger partial charge on any atom is -0.455 e. The summed E-state index contributed by atoms with van der Waals surface area (Å²) in [5, 5.41) is 7.37. The molecule has 4 heterocycles. The Bertz CT molecular complexity index is 1290. The largest absolute Gasteiger partial charge is 0.455 e. The van der Waals surface area contributed by atoms with Crippen molar-refractivity contribution < 1.29 is 4.74 Å². The number of aryl methyl sites for hydroxylation is 2. The minimum atomic E-state index is -0.255. The van der Waals surface area contributed by atoms with E-state index in [0.717, 1.165) is 17.8 Å². The van der Waals surface area contributed by atoms with Crippen molar-refractivity contribution in [2.45, 2.75) is 40.3 Å². The molecule has 2 N–H and O–H groups in total. The van der Waals surface area contributed by atoms with Crippen LogP contribution in [-0.2, 0) is 6.54 Å². The van der Waals surface area contributed by atoms with Gasteiger partial charge in [0.2, 0.25) is 5.95 Å². The zero-order valence-electron chi connectivity index (χ0n) is 18.5. The molecular formula is C23H25N7O2. The number of aromatic amines is 1. The van der Waals surface area contributed by atoms with Gasteiger partial charge in [0.05, 0.1) is 28.8 Å². The lowest BCUT2D eigenvalue weighted by atomic mass is 10.2. The van der Waals surface area contributed by atoms with Crippen molar-refractivity contribution >= 4 is 5.95 Å². The van der Waals surface area contributed by atoms with Crippen LogP contribution >= 0.6 is 0 Å². The predicted molar refractivity (Wildman–Crippen MR) is 123 cm³/mol. The van der Waals surface area contributed by atoms with Crippen molar-refractivity contribution in [2.24, 2.45) is 0 Å². The first-order chi connectivity index (χ1) is 15.4. The first-order valence-corrected chi connectivity index (χ1v) is 10.4. The van der Waals surface area contributed by atoms with Gasteiger partial charge in [-0.15, -0.1) is 0 Å². The van der Waals surface area contributed by atoms with Crippen LogP contribution in [0.25, 0.3) is 22.5 Å². The van der Waals surface area contributed by atoms with Crippen LogP contribution in [-0.4, -0.2) is 35.8 Å². The molecule has 0 radical (unpaired) electrons. The monoisotopic (exact) mass is 431 g/mol. The third-order valence-electron chi connectivity index (χ3n) is 4.75. The Morgan fingerprint density at radius 2 is 2.00 bits per heavy atom. The topological polar surface area (TPSA) is 111 Å². The molecule has 164 valence electrons. The lowest BCUT2D eigenvalue weighted by Gasteiger charge is -2.11. The van der Waals surface area contributed by atoms with Crippen molar-refractivity contribution in [3.63, 3.8) is 0 Å². The summed E-state index contributed by atoms with van der Waals surface area (Å²) >= 11 is 0. The van der Waals surface area contributed by atoms with Gasteiger partial charge in [-0.1, -0.05) is 0 Å². The average molecular weight is 432 g/mol. The fourth-order valence-electron chi connectivity index (χ4n) is 3.16. The number of H-pyrrole nitrogens is 1. The van der Waals surface area contributed by atoms with Crippen LogP contribution in [0.3, 0.4) is 0 Å². The summed E-state index contributed by atoms with van der Waals surface area (Å²) in [6.45, 7) is 8.61. The molecule has 0 aliphatic carbocycles. The van der Waals surface area contributed by atoms with E-state index in [0.29, 0.717) is 34.4 Å². The van der Waals surface area contributed by atoms with Gasteiger partial charge in [-0.2, -0.15) is 5.10 Å². The first-order valence-electron chi connectivity index (χ1n) is 10.4. The molecule has 4 aromatic heterocycles. The molecular weight excluding hydrogens is 406 g/mol. The number of rotatable bonds is 7. The smallest absolute Gasteiger partial charge is 0.261 e. The van der Waals surface area contributed by atoms with Crippen molar-refractivity contribution in [3.05, 3.63) is 65.1 Å². The summed E-state index contributed by atoms with van der Waals surface area (Å²) in [6, 6.07) is 7.36. The van der Waals surface area contributed by atoms with Crippen LogP contribution in [0.5, 0.6) is 11.5 Å². The molecule has 0 aliphatic rings. The Kier molecular flexibility index (Phi) is 5.98. The van der Waals surface area contributed by atoms with Crippen LogP contribution < -0.4 is 15.6 Å².